The zero-order valence-electron chi connectivity index (χ0n) is 14.4. The number of thioether (sulfide) groups is 1. The number of hydrogen-bond acceptors (Lipinski definition) is 6. The minimum absolute atomic E-state index is 0.0990. The molecule has 5 nitrogen and oxygen atoms in total. The van der Waals surface area contributed by atoms with Crippen LogP contribution in [0.5, 0.6) is 0 Å². The molecule has 0 atom stereocenters. The van der Waals surface area contributed by atoms with Gasteiger partial charge in [-0.25, -0.2) is 4.98 Å². The quantitative estimate of drug-likeness (QED) is 0.310. The number of nitrogens with one attached hydrogen (secondary N) is 1. The molecule has 1 aliphatic rings. The Morgan fingerprint density at radius 1 is 1.26 bits per heavy atom. The number of rotatable bonds is 4. The summed E-state index contributed by atoms with van der Waals surface area (Å²) < 4.78 is 5.61. The van der Waals surface area contributed by atoms with Crippen molar-refractivity contribution >= 4 is 50.1 Å². The summed E-state index contributed by atoms with van der Waals surface area (Å²) in [6.45, 7) is 0. The number of fused-ring (bicyclic) bond motifs is 4. The van der Waals surface area contributed by atoms with Crippen LogP contribution in [0.15, 0.2) is 44.7 Å². The number of nitrogens with zero attached hydrogens (tertiary/aromatic N) is 1. The SMILES string of the molecule is O=C(CSc1nc2sc3c(c2c(=O)[nH]1)CCCC3)c1cc2ccccc2o1. The third-order valence-corrected chi connectivity index (χ3v) is 6.90. The lowest BCUT2D eigenvalue weighted by Gasteiger charge is -2.09. The standard InChI is InChI=1S/C20H16N2O3S2/c23-13(15-9-11-5-1-3-7-14(11)25-15)10-26-20-21-18(24)17-12-6-2-4-8-16(12)27-19(17)22-20/h1,3,5,7,9H,2,4,6,8,10H2,(H,21,22,24). The number of hydrogen-bond donors (Lipinski definition) is 1. The molecule has 1 aliphatic carbocycles. The first kappa shape index (κ1) is 16.8. The summed E-state index contributed by atoms with van der Waals surface area (Å²) in [5.41, 5.74) is 1.77. The topological polar surface area (TPSA) is 76.0 Å². The second-order valence-electron chi connectivity index (χ2n) is 6.62. The molecule has 0 saturated carbocycles. The Labute approximate surface area is 162 Å². The van der Waals surface area contributed by atoms with E-state index in [1.165, 1.54) is 28.6 Å². The molecular formula is C20H16N2O3S2. The predicted molar refractivity (Wildman–Crippen MR) is 108 cm³/mol. The molecular weight excluding hydrogens is 380 g/mol. The van der Waals surface area contributed by atoms with Crippen LogP contribution in [-0.4, -0.2) is 21.5 Å². The second-order valence-corrected chi connectivity index (χ2v) is 8.67. The number of thiophene rings is 1. The van der Waals surface area contributed by atoms with Crippen LogP contribution in [-0.2, 0) is 12.8 Å². The molecule has 5 rings (SSSR count). The van der Waals surface area contributed by atoms with Crippen LogP contribution in [0, 0.1) is 0 Å². The van der Waals surface area contributed by atoms with Crippen LogP contribution in [0.1, 0.15) is 33.8 Å². The van der Waals surface area contributed by atoms with Crippen molar-refractivity contribution in [3.63, 3.8) is 0 Å². The lowest BCUT2D eigenvalue weighted by atomic mass is 9.97. The number of benzene rings is 1. The summed E-state index contributed by atoms with van der Waals surface area (Å²) in [5.74, 6) is 0.377. The van der Waals surface area contributed by atoms with Gasteiger partial charge in [-0.05, 0) is 43.4 Å². The Balaban J connectivity index is 1.39. The van der Waals surface area contributed by atoms with Crippen molar-refractivity contribution in [1.82, 2.24) is 9.97 Å². The Morgan fingerprint density at radius 3 is 3.00 bits per heavy atom. The average Bonchev–Trinajstić information content (AvgIpc) is 3.27. The lowest BCUT2D eigenvalue weighted by Crippen LogP contribution is -2.11. The fraction of sp³-hybridized carbons (Fsp3) is 0.250. The molecule has 27 heavy (non-hydrogen) atoms. The van der Waals surface area contributed by atoms with E-state index in [1.54, 1.807) is 17.4 Å². The largest absolute Gasteiger partial charge is 0.453 e. The van der Waals surface area contributed by atoms with Crippen molar-refractivity contribution in [2.45, 2.75) is 30.8 Å². The van der Waals surface area contributed by atoms with Crippen LogP contribution in [0.25, 0.3) is 21.2 Å². The maximum Gasteiger partial charge on any atom is 0.260 e. The first-order valence-electron chi connectivity index (χ1n) is 8.88. The van der Waals surface area contributed by atoms with E-state index < -0.39 is 0 Å². The van der Waals surface area contributed by atoms with Crippen LogP contribution in [0.3, 0.4) is 0 Å². The zero-order valence-corrected chi connectivity index (χ0v) is 16.0. The van der Waals surface area contributed by atoms with Gasteiger partial charge in [0, 0.05) is 10.3 Å². The van der Waals surface area contributed by atoms with E-state index in [-0.39, 0.29) is 17.1 Å². The van der Waals surface area contributed by atoms with Crippen LogP contribution in [0.4, 0.5) is 0 Å². The number of carbonyl (C=O) groups is 1. The molecule has 0 aliphatic heterocycles. The molecule has 136 valence electrons. The molecule has 1 aromatic carbocycles. The van der Waals surface area contributed by atoms with Crippen LogP contribution in [0.2, 0.25) is 0 Å². The fourth-order valence-electron chi connectivity index (χ4n) is 3.54. The second kappa shape index (κ2) is 6.65. The molecule has 3 aromatic heterocycles. The molecule has 0 fully saturated rings. The summed E-state index contributed by atoms with van der Waals surface area (Å²) in [5, 5.41) is 2.13. The van der Waals surface area contributed by atoms with Crippen LogP contribution >= 0.6 is 23.1 Å². The first-order chi connectivity index (χ1) is 13.2. The summed E-state index contributed by atoms with van der Waals surface area (Å²) in [4.78, 5) is 34.5. The van der Waals surface area contributed by atoms with Gasteiger partial charge in [-0.2, -0.15) is 0 Å². The summed E-state index contributed by atoms with van der Waals surface area (Å²) in [7, 11) is 0. The average molecular weight is 396 g/mol. The minimum Gasteiger partial charge on any atom is -0.453 e. The number of aromatic amines is 1. The summed E-state index contributed by atoms with van der Waals surface area (Å²) in [6.07, 6.45) is 4.28. The summed E-state index contributed by atoms with van der Waals surface area (Å²) >= 11 is 2.85. The maximum atomic E-state index is 12.6. The lowest BCUT2D eigenvalue weighted by molar-refractivity contribution is 0.0994. The van der Waals surface area contributed by atoms with E-state index in [9.17, 15) is 9.59 Å². The monoisotopic (exact) mass is 396 g/mol. The van der Waals surface area contributed by atoms with Gasteiger partial charge in [-0.3, -0.25) is 9.59 Å². The van der Waals surface area contributed by atoms with Gasteiger partial charge in [0.05, 0.1) is 11.1 Å². The number of aryl methyl sites for hydroxylation is 2. The third kappa shape index (κ3) is 3.00. The first-order valence-corrected chi connectivity index (χ1v) is 10.7. The highest BCUT2D eigenvalue weighted by Gasteiger charge is 2.20. The van der Waals surface area contributed by atoms with Crippen molar-refractivity contribution in [3.8, 4) is 0 Å². The molecule has 0 amide bonds. The van der Waals surface area contributed by atoms with Gasteiger partial charge in [-0.15, -0.1) is 11.3 Å². The van der Waals surface area contributed by atoms with E-state index in [4.69, 9.17) is 4.42 Å². The number of carbonyl (C=O) groups excluding carboxylic acids is 1. The van der Waals surface area contributed by atoms with Gasteiger partial charge < -0.3 is 9.40 Å². The number of Topliss-reactive ketones (excluding diaryl/α,β-unsaturated/α-hetero) is 1. The fourth-order valence-corrected chi connectivity index (χ4v) is 5.59. The molecule has 0 saturated heterocycles. The zero-order chi connectivity index (χ0) is 18.4. The highest BCUT2D eigenvalue weighted by atomic mass is 32.2. The van der Waals surface area contributed by atoms with Crippen LogP contribution < -0.4 is 5.56 Å². The van der Waals surface area contributed by atoms with Crippen molar-refractivity contribution < 1.29 is 9.21 Å². The molecule has 0 radical (unpaired) electrons. The van der Waals surface area contributed by atoms with E-state index in [0.29, 0.717) is 16.5 Å². The predicted octanol–water partition coefficient (Wildman–Crippen LogP) is 4.58. The molecule has 1 N–H and O–H groups in total. The Bertz CT molecular complexity index is 1200. The normalized spacial score (nSPS) is 13.9. The molecule has 0 bridgehead atoms. The molecule has 3 heterocycles. The summed E-state index contributed by atoms with van der Waals surface area (Å²) in [6, 6.07) is 9.29. The highest BCUT2D eigenvalue weighted by molar-refractivity contribution is 7.99. The molecule has 0 unspecified atom stereocenters. The van der Waals surface area contributed by atoms with Gasteiger partial charge in [0.25, 0.3) is 5.56 Å². The van der Waals surface area contributed by atoms with E-state index in [1.807, 2.05) is 24.3 Å². The number of ketones is 1. The molecule has 4 aromatic rings. The number of furan rings is 1. The molecule has 0 spiro atoms. The van der Waals surface area contributed by atoms with Crippen molar-refractivity contribution in [3.05, 3.63) is 56.9 Å². The van der Waals surface area contributed by atoms with Crippen molar-refractivity contribution in [2.75, 3.05) is 5.75 Å². The van der Waals surface area contributed by atoms with Gasteiger partial charge in [0.1, 0.15) is 10.4 Å². The number of H-pyrrole nitrogens is 1. The van der Waals surface area contributed by atoms with E-state index >= 15 is 0 Å². The Morgan fingerprint density at radius 2 is 2.11 bits per heavy atom. The third-order valence-electron chi connectivity index (χ3n) is 4.84. The van der Waals surface area contributed by atoms with Crippen molar-refractivity contribution in [1.29, 1.82) is 0 Å². The van der Waals surface area contributed by atoms with E-state index in [0.717, 1.165) is 34.9 Å². The van der Waals surface area contributed by atoms with Gasteiger partial charge >= 0.3 is 0 Å². The van der Waals surface area contributed by atoms with Gasteiger partial charge in [0.15, 0.2) is 10.9 Å². The Hall–Kier alpha value is -2.38. The van der Waals surface area contributed by atoms with Gasteiger partial charge in [-0.1, -0.05) is 30.0 Å². The smallest absolute Gasteiger partial charge is 0.260 e. The number of para-hydroxylation sites is 1. The molecule has 7 heteroatoms. The van der Waals surface area contributed by atoms with Crippen molar-refractivity contribution in [2.24, 2.45) is 0 Å². The number of aromatic nitrogens is 2. The highest BCUT2D eigenvalue weighted by Crippen LogP contribution is 2.34. The van der Waals surface area contributed by atoms with Gasteiger partial charge in [0.2, 0.25) is 5.78 Å². The maximum absolute atomic E-state index is 12.6. The Kier molecular flexibility index (Phi) is 4.13. The minimum atomic E-state index is -0.121. The van der Waals surface area contributed by atoms with E-state index in [2.05, 4.69) is 9.97 Å².